The normalized spacial score (nSPS) is 10.5. The summed E-state index contributed by atoms with van der Waals surface area (Å²) in [6.45, 7) is 5.31. The standard InChI is InChI=1S/C18H20N4O3/c1-4-20-11-14(10-19)17(24)21(18(20)25)12-16(23)22(13(2)3)15-8-6-5-7-9-15/h5-9,11,13H,4,12H2,1-3H3. The van der Waals surface area contributed by atoms with Gasteiger partial charge in [-0.1, -0.05) is 18.2 Å². The maximum Gasteiger partial charge on any atom is 0.331 e. The Morgan fingerprint density at radius 1 is 1.24 bits per heavy atom. The number of para-hydroxylation sites is 1. The Morgan fingerprint density at radius 3 is 2.40 bits per heavy atom. The fourth-order valence-electron chi connectivity index (χ4n) is 2.63. The summed E-state index contributed by atoms with van der Waals surface area (Å²) < 4.78 is 2.07. The Balaban J connectivity index is 2.48. The van der Waals surface area contributed by atoms with Crippen molar-refractivity contribution < 1.29 is 4.79 Å². The summed E-state index contributed by atoms with van der Waals surface area (Å²) in [5.74, 6) is -0.391. The van der Waals surface area contributed by atoms with Crippen molar-refractivity contribution in [1.82, 2.24) is 9.13 Å². The third kappa shape index (κ3) is 3.69. The van der Waals surface area contributed by atoms with Crippen LogP contribution in [0.4, 0.5) is 5.69 Å². The quantitative estimate of drug-likeness (QED) is 0.822. The van der Waals surface area contributed by atoms with Gasteiger partial charge in [-0.3, -0.25) is 14.2 Å². The molecule has 0 aliphatic heterocycles. The maximum absolute atomic E-state index is 12.8. The lowest BCUT2D eigenvalue weighted by molar-refractivity contribution is -0.119. The van der Waals surface area contributed by atoms with Crippen molar-refractivity contribution >= 4 is 11.6 Å². The molecule has 1 aromatic heterocycles. The van der Waals surface area contributed by atoms with Gasteiger partial charge >= 0.3 is 5.69 Å². The van der Waals surface area contributed by atoms with Crippen LogP contribution < -0.4 is 16.1 Å². The molecule has 0 bridgehead atoms. The van der Waals surface area contributed by atoms with E-state index in [-0.39, 0.29) is 11.6 Å². The van der Waals surface area contributed by atoms with E-state index in [9.17, 15) is 14.4 Å². The van der Waals surface area contributed by atoms with Gasteiger partial charge in [-0.2, -0.15) is 5.26 Å². The van der Waals surface area contributed by atoms with Crippen LogP contribution in [0.5, 0.6) is 0 Å². The lowest BCUT2D eigenvalue weighted by Crippen LogP contribution is -2.47. The highest BCUT2D eigenvalue weighted by Gasteiger charge is 2.21. The highest BCUT2D eigenvalue weighted by Crippen LogP contribution is 2.16. The van der Waals surface area contributed by atoms with Gasteiger partial charge in [-0.25, -0.2) is 9.36 Å². The number of hydrogen-bond donors (Lipinski definition) is 0. The monoisotopic (exact) mass is 340 g/mol. The van der Waals surface area contributed by atoms with Crippen molar-refractivity contribution in [2.45, 2.75) is 39.9 Å². The summed E-state index contributed by atoms with van der Waals surface area (Å²) in [5.41, 5.74) is -0.827. The first kappa shape index (κ1) is 18.2. The number of nitriles is 1. The van der Waals surface area contributed by atoms with Gasteiger partial charge in [0.1, 0.15) is 18.2 Å². The van der Waals surface area contributed by atoms with Gasteiger partial charge in [0.15, 0.2) is 0 Å². The molecule has 2 rings (SSSR count). The van der Waals surface area contributed by atoms with E-state index in [0.29, 0.717) is 12.2 Å². The average molecular weight is 340 g/mol. The molecule has 0 spiro atoms. The largest absolute Gasteiger partial charge is 0.331 e. The van der Waals surface area contributed by atoms with Gasteiger partial charge in [0.2, 0.25) is 5.91 Å². The number of aryl methyl sites for hydroxylation is 1. The molecule has 7 nitrogen and oxygen atoms in total. The zero-order valence-corrected chi connectivity index (χ0v) is 14.5. The minimum Gasteiger partial charge on any atom is -0.308 e. The van der Waals surface area contributed by atoms with Crippen LogP contribution in [0.25, 0.3) is 0 Å². The molecule has 1 aromatic carbocycles. The minimum absolute atomic E-state index is 0.154. The van der Waals surface area contributed by atoms with E-state index in [2.05, 4.69) is 0 Å². The molecule has 0 saturated heterocycles. The Morgan fingerprint density at radius 2 is 1.88 bits per heavy atom. The second-order valence-electron chi connectivity index (χ2n) is 5.81. The smallest absolute Gasteiger partial charge is 0.308 e. The molecule has 0 unspecified atom stereocenters. The Hall–Kier alpha value is -3.14. The number of carbonyl (C=O) groups excluding carboxylic acids is 1. The average Bonchev–Trinajstić information content (AvgIpc) is 2.59. The van der Waals surface area contributed by atoms with E-state index in [4.69, 9.17) is 5.26 Å². The maximum atomic E-state index is 12.8. The van der Waals surface area contributed by atoms with E-state index in [0.717, 1.165) is 4.57 Å². The van der Waals surface area contributed by atoms with Crippen LogP contribution in [0.3, 0.4) is 0 Å². The number of carbonyl (C=O) groups is 1. The summed E-state index contributed by atoms with van der Waals surface area (Å²) in [4.78, 5) is 39.0. The van der Waals surface area contributed by atoms with Crippen molar-refractivity contribution in [3.05, 3.63) is 62.9 Å². The molecule has 1 heterocycles. The van der Waals surface area contributed by atoms with Crippen LogP contribution in [-0.4, -0.2) is 21.1 Å². The summed E-state index contributed by atoms with van der Waals surface area (Å²) in [6.07, 6.45) is 1.23. The van der Waals surface area contributed by atoms with E-state index in [1.165, 1.54) is 15.7 Å². The van der Waals surface area contributed by atoms with Crippen LogP contribution in [0.1, 0.15) is 26.3 Å². The number of aromatic nitrogens is 2. The zero-order valence-electron chi connectivity index (χ0n) is 14.5. The van der Waals surface area contributed by atoms with Crippen LogP contribution in [-0.2, 0) is 17.9 Å². The number of nitrogens with zero attached hydrogens (tertiary/aromatic N) is 4. The number of rotatable bonds is 5. The highest BCUT2D eigenvalue weighted by atomic mass is 16.2. The Labute approximate surface area is 145 Å². The molecular formula is C18H20N4O3. The third-order valence-corrected chi connectivity index (χ3v) is 3.81. The Bertz CT molecular complexity index is 920. The lowest BCUT2D eigenvalue weighted by atomic mass is 10.2. The number of benzene rings is 1. The molecule has 7 heteroatoms. The van der Waals surface area contributed by atoms with Crippen LogP contribution in [0.2, 0.25) is 0 Å². The van der Waals surface area contributed by atoms with Crippen molar-refractivity contribution in [3.8, 4) is 6.07 Å². The van der Waals surface area contributed by atoms with E-state index in [1.54, 1.807) is 25.1 Å². The molecule has 0 aliphatic rings. The summed E-state index contributed by atoms with van der Waals surface area (Å²) in [7, 11) is 0. The number of anilines is 1. The van der Waals surface area contributed by atoms with Crippen LogP contribution in [0, 0.1) is 11.3 Å². The summed E-state index contributed by atoms with van der Waals surface area (Å²) in [5, 5.41) is 9.09. The van der Waals surface area contributed by atoms with Gasteiger partial charge in [-0.15, -0.1) is 0 Å². The van der Waals surface area contributed by atoms with Crippen LogP contribution >= 0.6 is 0 Å². The van der Waals surface area contributed by atoms with Crippen molar-refractivity contribution in [2.24, 2.45) is 0 Å². The van der Waals surface area contributed by atoms with Gasteiger partial charge in [-0.05, 0) is 32.9 Å². The second-order valence-corrected chi connectivity index (χ2v) is 5.81. The molecule has 130 valence electrons. The first-order valence-electron chi connectivity index (χ1n) is 8.02. The molecule has 25 heavy (non-hydrogen) atoms. The molecule has 1 amide bonds. The second kappa shape index (κ2) is 7.62. The van der Waals surface area contributed by atoms with Gasteiger partial charge < -0.3 is 4.90 Å². The van der Waals surface area contributed by atoms with E-state index >= 15 is 0 Å². The highest BCUT2D eigenvalue weighted by molar-refractivity contribution is 5.93. The molecule has 0 atom stereocenters. The predicted octanol–water partition coefficient (Wildman–Crippen LogP) is 1.34. The zero-order chi connectivity index (χ0) is 18.6. The van der Waals surface area contributed by atoms with Crippen LogP contribution in [0.15, 0.2) is 46.1 Å². The first-order valence-corrected chi connectivity index (χ1v) is 8.02. The summed E-state index contributed by atoms with van der Waals surface area (Å²) >= 11 is 0. The van der Waals surface area contributed by atoms with Gasteiger partial charge in [0.25, 0.3) is 5.56 Å². The molecule has 0 N–H and O–H groups in total. The van der Waals surface area contributed by atoms with Crippen molar-refractivity contribution in [3.63, 3.8) is 0 Å². The van der Waals surface area contributed by atoms with Gasteiger partial charge in [0, 0.05) is 24.5 Å². The molecule has 0 radical (unpaired) electrons. The van der Waals surface area contributed by atoms with Crippen molar-refractivity contribution in [2.75, 3.05) is 4.90 Å². The molecular weight excluding hydrogens is 320 g/mol. The predicted molar refractivity (Wildman–Crippen MR) is 94.4 cm³/mol. The molecule has 0 saturated carbocycles. The fourth-order valence-corrected chi connectivity index (χ4v) is 2.63. The summed E-state index contributed by atoms with van der Waals surface area (Å²) in [6, 6.07) is 10.7. The lowest BCUT2D eigenvalue weighted by Gasteiger charge is -2.27. The van der Waals surface area contributed by atoms with Gasteiger partial charge in [0.05, 0.1) is 0 Å². The van der Waals surface area contributed by atoms with Crippen molar-refractivity contribution in [1.29, 1.82) is 5.26 Å². The topological polar surface area (TPSA) is 88.1 Å². The minimum atomic E-state index is -0.748. The third-order valence-electron chi connectivity index (χ3n) is 3.81. The Kier molecular flexibility index (Phi) is 5.55. The first-order chi connectivity index (χ1) is 11.9. The number of hydrogen-bond acceptors (Lipinski definition) is 4. The van der Waals surface area contributed by atoms with E-state index < -0.39 is 23.7 Å². The molecule has 0 aliphatic carbocycles. The molecule has 0 fully saturated rings. The number of amides is 1. The molecule has 2 aromatic rings. The fraction of sp³-hybridized carbons (Fsp3) is 0.333. The SMILES string of the molecule is CCn1cc(C#N)c(=O)n(CC(=O)N(c2ccccc2)C(C)C)c1=O. The van der Waals surface area contributed by atoms with E-state index in [1.807, 2.05) is 32.0 Å².